The van der Waals surface area contributed by atoms with Crippen LogP contribution in [0.2, 0.25) is 0 Å². The zero-order chi connectivity index (χ0) is 22.4. The van der Waals surface area contributed by atoms with Crippen molar-refractivity contribution in [3.63, 3.8) is 0 Å². The number of hydrogen-bond donors (Lipinski definition) is 1. The first-order chi connectivity index (χ1) is 15.4. The second-order valence-electron chi connectivity index (χ2n) is 8.08. The van der Waals surface area contributed by atoms with Gasteiger partial charge in [-0.05, 0) is 42.5 Å². The van der Waals surface area contributed by atoms with Crippen LogP contribution in [0.15, 0.2) is 35.6 Å². The van der Waals surface area contributed by atoms with Gasteiger partial charge in [0.1, 0.15) is 4.83 Å². The number of nitrogens with zero attached hydrogens (tertiary/aromatic N) is 4. The Hall–Kier alpha value is -2.98. The first-order valence-electron chi connectivity index (χ1n) is 10.2. The van der Waals surface area contributed by atoms with E-state index in [9.17, 15) is 18.0 Å². The topological polar surface area (TPSA) is 64.7 Å². The van der Waals surface area contributed by atoms with Crippen LogP contribution in [0.3, 0.4) is 0 Å². The number of rotatable bonds is 5. The molecular formula is C22H20F3N5OS. The van der Waals surface area contributed by atoms with E-state index in [1.807, 2.05) is 13.2 Å². The zero-order valence-corrected chi connectivity index (χ0v) is 18.1. The van der Waals surface area contributed by atoms with Crippen molar-refractivity contribution in [3.8, 4) is 0 Å². The van der Waals surface area contributed by atoms with Gasteiger partial charge in [0.05, 0.1) is 24.5 Å². The Morgan fingerprint density at radius 1 is 1.22 bits per heavy atom. The van der Waals surface area contributed by atoms with Gasteiger partial charge in [-0.25, -0.2) is 18.2 Å². The molecule has 0 amide bonds. The van der Waals surface area contributed by atoms with Crippen molar-refractivity contribution in [3.05, 3.63) is 80.2 Å². The van der Waals surface area contributed by atoms with Crippen molar-refractivity contribution in [1.82, 2.24) is 24.6 Å². The van der Waals surface area contributed by atoms with E-state index in [1.165, 1.54) is 11.3 Å². The van der Waals surface area contributed by atoms with E-state index in [4.69, 9.17) is 0 Å². The summed E-state index contributed by atoms with van der Waals surface area (Å²) in [4.78, 5) is 19.5. The molecule has 1 atom stereocenters. The van der Waals surface area contributed by atoms with Crippen LogP contribution in [0.25, 0.3) is 10.2 Å². The summed E-state index contributed by atoms with van der Waals surface area (Å²) in [6.45, 7) is 0.643. The molecule has 1 aliphatic rings. The van der Waals surface area contributed by atoms with E-state index in [0.29, 0.717) is 30.3 Å². The minimum Gasteiger partial charge on any atom is -0.310 e. The molecule has 10 heteroatoms. The number of benzene rings is 1. The Morgan fingerprint density at radius 3 is 2.72 bits per heavy atom. The summed E-state index contributed by atoms with van der Waals surface area (Å²) in [6, 6.07) is 2.10. The van der Waals surface area contributed by atoms with E-state index in [2.05, 4.69) is 15.4 Å². The summed E-state index contributed by atoms with van der Waals surface area (Å²) in [5.74, 6) is -3.83. The maximum Gasteiger partial charge on any atom is 0.262 e. The smallest absolute Gasteiger partial charge is 0.262 e. The number of nitrogens with one attached hydrogen (secondary N) is 1. The molecule has 0 unspecified atom stereocenters. The quantitative estimate of drug-likeness (QED) is 0.465. The summed E-state index contributed by atoms with van der Waals surface area (Å²) in [5, 5.41) is 8.12. The molecule has 0 spiro atoms. The Kier molecular flexibility index (Phi) is 5.34. The summed E-state index contributed by atoms with van der Waals surface area (Å²) in [7, 11) is 1.83. The molecule has 32 heavy (non-hydrogen) atoms. The van der Waals surface area contributed by atoms with Crippen LogP contribution in [0, 0.1) is 17.5 Å². The van der Waals surface area contributed by atoms with E-state index in [-0.39, 0.29) is 18.1 Å². The Labute approximate surface area is 185 Å². The Bertz CT molecular complexity index is 1350. The average molecular weight is 459 g/mol. The lowest BCUT2D eigenvalue weighted by Gasteiger charge is -2.23. The molecule has 1 aromatic carbocycles. The van der Waals surface area contributed by atoms with Crippen LogP contribution in [0.1, 0.15) is 28.0 Å². The van der Waals surface area contributed by atoms with Crippen LogP contribution in [0.5, 0.6) is 0 Å². The number of hydrogen-bond acceptors (Lipinski definition) is 5. The fourth-order valence-electron chi connectivity index (χ4n) is 4.21. The SMILES string of the molecule is Cn1cc(Cn2cnc3sc4c(c3c2=O)CC[C@H](NCc2cc(F)c(F)c(F)c2)C4)cn1. The first-order valence-corrected chi connectivity index (χ1v) is 11.0. The third-order valence-electron chi connectivity index (χ3n) is 5.79. The highest BCUT2D eigenvalue weighted by atomic mass is 32.1. The molecule has 0 fully saturated rings. The molecule has 166 valence electrons. The average Bonchev–Trinajstić information content (AvgIpc) is 3.35. The third-order valence-corrected chi connectivity index (χ3v) is 6.95. The van der Waals surface area contributed by atoms with Gasteiger partial charge < -0.3 is 5.32 Å². The van der Waals surface area contributed by atoms with Crippen molar-refractivity contribution in [2.45, 2.75) is 38.4 Å². The second-order valence-corrected chi connectivity index (χ2v) is 9.16. The number of aromatic nitrogens is 4. The van der Waals surface area contributed by atoms with Crippen LogP contribution in [0.4, 0.5) is 13.2 Å². The van der Waals surface area contributed by atoms with E-state index >= 15 is 0 Å². The van der Waals surface area contributed by atoms with Crippen molar-refractivity contribution in [2.24, 2.45) is 7.05 Å². The molecule has 0 bridgehead atoms. The molecule has 1 aliphatic carbocycles. The summed E-state index contributed by atoms with van der Waals surface area (Å²) >= 11 is 1.51. The largest absolute Gasteiger partial charge is 0.310 e. The van der Waals surface area contributed by atoms with Gasteiger partial charge >= 0.3 is 0 Å². The highest BCUT2D eigenvalue weighted by Gasteiger charge is 2.25. The second kappa shape index (κ2) is 8.18. The predicted octanol–water partition coefficient (Wildman–Crippen LogP) is 3.30. The van der Waals surface area contributed by atoms with E-state index < -0.39 is 17.5 Å². The molecule has 0 radical (unpaired) electrons. The van der Waals surface area contributed by atoms with Gasteiger partial charge in [-0.3, -0.25) is 14.0 Å². The zero-order valence-electron chi connectivity index (χ0n) is 17.2. The Balaban J connectivity index is 1.34. The molecule has 0 saturated heterocycles. The summed E-state index contributed by atoms with van der Waals surface area (Å²) < 4.78 is 43.3. The van der Waals surface area contributed by atoms with Crippen molar-refractivity contribution in [2.75, 3.05) is 0 Å². The van der Waals surface area contributed by atoms with E-state index in [1.54, 1.807) is 21.8 Å². The lowest BCUT2D eigenvalue weighted by molar-refractivity contribution is 0.437. The van der Waals surface area contributed by atoms with Crippen molar-refractivity contribution >= 4 is 21.6 Å². The van der Waals surface area contributed by atoms with Crippen LogP contribution < -0.4 is 10.9 Å². The fourth-order valence-corrected chi connectivity index (χ4v) is 5.47. The molecular weight excluding hydrogens is 439 g/mol. The number of aryl methyl sites for hydroxylation is 2. The minimum absolute atomic E-state index is 0.0555. The lowest BCUT2D eigenvalue weighted by Crippen LogP contribution is -2.34. The summed E-state index contributed by atoms with van der Waals surface area (Å²) in [5.41, 5.74) is 2.27. The van der Waals surface area contributed by atoms with Gasteiger partial charge in [-0.1, -0.05) is 0 Å². The third kappa shape index (κ3) is 3.84. The Morgan fingerprint density at radius 2 is 2.00 bits per heavy atom. The fraction of sp³-hybridized carbons (Fsp3) is 0.318. The minimum atomic E-state index is -1.46. The normalized spacial score (nSPS) is 15.9. The molecule has 0 aliphatic heterocycles. The first kappa shape index (κ1) is 20.9. The van der Waals surface area contributed by atoms with Gasteiger partial charge in [0.15, 0.2) is 17.5 Å². The number of fused-ring (bicyclic) bond motifs is 3. The van der Waals surface area contributed by atoms with Gasteiger partial charge in [-0.2, -0.15) is 5.10 Å². The molecule has 1 N–H and O–H groups in total. The predicted molar refractivity (Wildman–Crippen MR) is 115 cm³/mol. The van der Waals surface area contributed by atoms with Gasteiger partial charge in [0, 0.05) is 36.3 Å². The molecule has 5 rings (SSSR count). The highest BCUT2D eigenvalue weighted by Crippen LogP contribution is 2.33. The molecule has 6 nitrogen and oxygen atoms in total. The molecule has 3 aromatic heterocycles. The highest BCUT2D eigenvalue weighted by molar-refractivity contribution is 7.18. The maximum atomic E-state index is 13.4. The van der Waals surface area contributed by atoms with Crippen molar-refractivity contribution in [1.29, 1.82) is 0 Å². The lowest BCUT2D eigenvalue weighted by atomic mass is 9.93. The maximum absolute atomic E-state index is 13.4. The number of halogens is 3. The van der Waals surface area contributed by atoms with Crippen molar-refractivity contribution < 1.29 is 13.2 Å². The van der Waals surface area contributed by atoms with E-state index in [0.717, 1.165) is 39.4 Å². The van der Waals surface area contributed by atoms with Crippen LogP contribution in [-0.4, -0.2) is 25.4 Å². The van der Waals surface area contributed by atoms with Gasteiger partial charge in [0.25, 0.3) is 5.56 Å². The van der Waals surface area contributed by atoms with Crippen LogP contribution in [-0.2, 0) is 33.0 Å². The molecule has 4 aromatic rings. The number of thiophene rings is 1. The van der Waals surface area contributed by atoms with Crippen LogP contribution >= 0.6 is 11.3 Å². The summed E-state index contributed by atoms with van der Waals surface area (Å²) in [6.07, 6.45) is 7.37. The van der Waals surface area contributed by atoms with Gasteiger partial charge in [0.2, 0.25) is 0 Å². The standard InChI is InChI=1S/C22H20F3N5OS/c1-29-9-13(8-28-29)10-30-11-27-21-19(22(30)31)15-3-2-14(6-18(15)32-21)26-7-12-4-16(23)20(25)17(24)5-12/h4-5,8-9,11,14,26H,2-3,6-7,10H2,1H3/t14-/m0/s1. The molecule has 0 saturated carbocycles. The molecule has 3 heterocycles. The van der Waals surface area contributed by atoms with Gasteiger partial charge in [-0.15, -0.1) is 11.3 Å². The monoisotopic (exact) mass is 459 g/mol.